The molecule has 2 unspecified atom stereocenters. The van der Waals surface area contributed by atoms with Crippen LogP contribution in [-0.4, -0.2) is 42.6 Å². The summed E-state index contributed by atoms with van der Waals surface area (Å²) in [7, 11) is 0. The minimum atomic E-state index is 0.0247. The highest BCUT2D eigenvalue weighted by Crippen LogP contribution is 2.20. The molecule has 2 atom stereocenters. The monoisotopic (exact) mass is 340 g/mol. The second kappa shape index (κ2) is 6.70. The van der Waals surface area contributed by atoms with E-state index in [0.717, 1.165) is 28.8 Å². The maximum absolute atomic E-state index is 12.1. The molecule has 1 aromatic rings. The summed E-state index contributed by atoms with van der Waals surface area (Å²) in [6.07, 6.45) is 0.363. The van der Waals surface area contributed by atoms with E-state index in [9.17, 15) is 4.79 Å². The molecule has 2 rings (SSSR count). The molecule has 1 aliphatic rings. The lowest BCUT2D eigenvalue weighted by atomic mass is 10.2. The predicted octanol–water partition coefficient (Wildman–Crippen LogP) is 2.81. The third-order valence-electron chi connectivity index (χ3n) is 3.32. The van der Waals surface area contributed by atoms with Crippen molar-refractivity contribution < 1.29 is 9.53 Å². The Bertz CT molecular complexity index is 483. The first-order valence-electron chi connectivity index (χ1n) is 6.88. The Labute approximate surface area is 128 Å². The lowest BCUT2D eigenvalue weighted by Gasteiger charge is -2.34. The van der Waals surface area contributed by atoms with Crippen LogP contribution in [0.25, 0.3) is 0 Å². The number of aryl methyl sites for hydroxylation is 1. The smallest absolute Gasteiger partial charge is 0.238 e. The van der Waals surface area contributed by atoms with Gasteiger partial charge in [-0.1, -0.05) is 15.9 Å². The van der Waals surface area contributed by atoms with Crippen molar-refractivity contribution in [2.75, 3.05) is 25.0 Å². The van der Waals surface area contributed by atoms with Gasteiger partial charge in [-0.25, -0.2) is 0 Å². The number of rotatable bonds is 3. The highest BCUT2D eigenvalue weighted by atomic mass is 79.9. The van der Waals surface area contributed by atoms with E-state index in [2.05, 4.69) is 26.1 Å². The Kier molecular flexibility index (Phi) is 5.18. The van der Waals surface area contributed by atoms with Gasteiger partial charge in [0.1, 0.15) is 0 Å². The van der Waals surface area contributed by atoms with E-state index in [0.29, 0.717) is 6.54 Å². The zero-order valence-electron chi connectivity index (χ0n) is 12.1. The normalized spacial score (nSPS) is 23.6. The zero-order valence-corrected chi connectivity index (χ0v) is 13.7. The number of hydrogen-bond acceptors (Lipinski definition) is 3. The Balaban J connectivity index is 1.92. The summed E-state index contributed by atoms with van der Waals surface area (Å²) in [5, 5.41) is 2.97. The number of nitrogens with zero attached hydrogens (tertiary/aromatic N) is 1. The minimum absolute atomic E-state index is 0.0247. The molecule has 1 aliphatic heterocycles. The highest BCUT2D eigenvalue weighted by molar-refractivity contribution is 9.10. The molecule has 0 aliphatic carbocycles. The molecular formula is C15H21BrN2O2. The van der Waals surface area contributed by atoms with E-state index < -0.39 is 0 Å². The van der Waals surface area contributed by atoms with Crippen molar-refractivity contribution in [3.63, 3.8) is 0 Å². The van der Waals surface area contributed by atoms with Gasteiger partial charge in [0.15, 0.2) is 0 Å². The molecule has 0 aromatic heterocycles. The highest BCUT2D eigenvalue weighted by Gasteiger charge is 2.23. The van der Waals surface area contributed by atoms with Crippen molar-refractivity contribution in [1.82, 2.24) is 4.90 Å². The zero-order chi connectivity index (χ0) is 14.7. The molecule has 5 heteroatoms. The number of ether oxygens (including phenoxy) is 1. The summed E-state index contributed by atoms with van der Waals surface area (Å²) in [6.45, 7) is 8.08. The second-order valence-electron chi connectivity index (χ2n) is 5.46. The third kappa shape index (κ3) is 4.30. The molecule has 110 valence electrons. The van der Waals surface area contributed by atoms with Gasteiger partial charge >= 0.3 is 0 Å². The molecule has 4 nitrogen and oxygen atoms in total. The average molecular weight is 341 g/mol. The molecule has 0 radical (unpaired) electrons. The van der Waals surface area contributed by atoms with Crippen molar-refractivity contribution in [2.45, 2.75) is 33.0 Å². The fraction of sp³-hybridized carbons (Fsp3) is 0.533. The fourth-order valence-corrected chi connectivity index (χ4v) is 3.05. The Hall–Kier alpha value is -0.910. The minimum Gasteiger partial charge on any atom is -0.373 e. The molecule has 1 saturated heterocycles. The number of carbonyl (C=O) groups excluding carboxylic acids is 1. The standard InChI is InChI=1S/C15H21BrN2O2/c1-10-6-13(16)4-5-14(10)17-15(19)9-18-7-11(2)20-12(3)8-18/h4-6,11-12H,7-9H2,1-3H3,(H,17,19). The number of amides is 1. The Morgan fingerprint density at radius 2 is 2.05 bits per heavy atom. The fourth-order valence-electron chi connectivity index (χ4n) is 2.57. The molecule has 0 saturated carbocycles. The summed E-state index contributed by atoms with van der Waals surface area (Å²) in [6, 6.07) is 5.85. The van der Waals surface area contributed by atoms with Gasteiger partial charge in [0, 0.05) is 23.2 Å². The molecule has 1 aromatic carbocycles. The van der Waals surface area contributed by atoms with Crippen LogP contribution in [0.1, 0.15) is 19.4 Å². The van der Waals surface area contributed by atoms with Crippen molar-refractivity contribution >= 4 is 27.5 Å². The molecule has 1 fully saturated rings. The second-order valence-corrected chi connectivity index (χ2v) is 6.37. The van der Waals surface area contributed by atoms with Crippen LogP contribution >= 0.6 is 15.9 Å². The number of anilines is 1. The van der Waals surface area contributed by atoms with E-state index in [4.69, 9.17) is 4.74 Å². The summed E-state index contributed by atoms with van der Waals surface area (Å²) in [5.41, 5.74) is 1.92. The predicted molar refractivity (Wildman–Crippen MR) is 84.0 cm³/mol. The first-order valence-corrected chi connectivity index (χ1v) is 7.67. The molecule has 1 N–H and O–H groups in total. The first-order chi connectivity index (χ1) is 9.44. The van der Waals surface area contributed by atoms with Crippen molar-refractivity contribution in [1.29, 1.82) is 0 Å². The van der Waals surface area contributed by atoms with Gasteiger partial charge < -0.3 is 10.1 Å². The summed E-state index contributed by atoms with van der Waals surface area (Å²) < 4.78 is 6.69. The molecule has 0 spiro atoms. The number of nitrogens with one attached hydrogen (secondary N) is 1. The number of hydrogen-bond donors (Lipinski definition) is 1. The van der Waals surface area contributed by atoms with Gasteiger partial charge in [0.25, 0.3) is 0 Å². The van der Waals surface area contributed by atoms with Crippen LogP contribution in [0.5, 0.6) is 0 Å². The molecule has 1 amide bonds. The van der Waals surface area contributed by atoms with Gasteiger partial charge in [-0.15, -0.1) is 0 Å². The lowest BCUT2D eigenvalue weighted by molar-refractivity contribution is -0.121. The van der Waals surface area contributed by atoms with Crippen molar-refractivity contribution in [2.24, 2.45) is 0 Å². The van der Waals surface area contributed by atoms with Crippen LogP contribution in [0.15, 0.2) is 22.7 Å². The van der Waals surface area contributed by atoms with Crippen LogP contribution in [-0.2, 0) is 9.53 Å². The molecular weight excluding hydrogens is 320 g/mol. The first kappa shape index (κ1) is 15.5. The van der Waals surface area contributed by atoms with Crippen LogP contribution in [0.2, 0.25) is 0 Å². The van der Waals surface area contributed by atoms with Gasteiger partial charge in [0.2, 0.25) is 5.91 Å². The lowest BCUT2D eigenvalue weighted by Crippen LogP contribution is -2.48. The Morgan fingerprint density at radius 3 is 2.65 bits per heavy atom. The van der Waals surface area contributed by atoms with Crippen LogP contribution in [0.3, 0.4) is 0 Å². The van der Waals surface area contributed by atoms with Gasteiger partial charge in [-0.2, -0.15) is 0 Å². The van der Waals surface area contributed by atoms with Crippen LogP contribution in [0, 0.1) is 6.92 Å². The van der Waals surface area contributed by atoms with E-state index in [1.807, 2.05) is 39.0 Å². The number of benzene rings is 1. The molecule has 1 heterocycles. The Morgan fingerprint density at radius 1 is 1.40 bits per heavy atom. The summed E-state index contributed by atoms with van der Waals surface area (Å²) in [4.78, 5) is 14.3. The van der Waals surface area contributed by atoms with Gasteiger partial charge in [-0.05, 0) is 44.5 Å². The van der Waals surface area contributed by atoms with Crippen LogP contribution < -0.4 is 5.32 Å². The van der Waals surface area contributed by atoms with Gasteiger partial charge in [0.05, 0.1) is 18.8 Å². The molecule has 0 bridgehead atoms. The number of morpholine rings is 1. The molecule has 20 heavy (non-hydrogen) atoms. The third-order valence-corrected chi connectivity index (χ3v) is 3.82. The maximum Gasteiger partial charge on any atom is 0.238 e. The summed E-state index contributed by atoms with van der Waals surface area (Å²) >= 11 is 3.42. The quantitative estimate of drug-likeness (QED) is 0.919. The number of halogens is 1. The van der Waals surface area contributed by atoms with Crippen LogP contribution in [0.4, 0.5) is 5.69 Å². The van der Waals surface area contributed by atoms with Gasteiger partial charge in [-0.3, -0.25) is 9.69 Å². The SMILES string of the molecule is Cc1cc(Br)ccc1NC(=O)CN1CC(C)OC(C)C1. The van der Waals surface area contributed by atoms with E-state index in [1.165, 1.54) is 0 Å². The summed E-state index contributed by atoms with van der Waals surface area (Å²) in [5.74, 6) is 0.0247. The maximum atomic E-state index is 12.1. The topological polar surface area (TPSA) is 41.6 Å². The van der Waals surface area contributed by atoms with Crippen molar-refractivity contribution in [3.8, 4) is 0 Å². The van der Waals surface area contributed by atoms with Crippen molar-refractivity contribution in [3.05, 3.63) is 28.2 Å². The number of carbonyl (C=O) groups is 1. The average Bonchev–Trinajstić information content (AvgIpc) is 2.31. The largest absolute Gasteiger partial charge is 0.373 e. The van der Waals surface area contributed by atoms with E-state index in [-0.39, 0.29) is 18.1 Å². The van der Waals surface area contributed by atoms with E-state index >= 15 is 0 Å². The van der Waals surface area contributed by atoms with E-state index in [1.54, 1.807) is 0 Å².